The van der Waals surface area contributed by atoms with E-state index in [0.29, 0.717) is 25.1 Å². The molecule has 1 aromatic heterocycles. The maximum Gasteiger partial charge on any atom is 0.279 e. The molecular formula is C23H25N3O5S2. The normalized spacial score (nSPS) is 17.9. The van der Waals surface area contributed by atoms with Crippen LogP contribution in [-0.2, 0) is 19.6 Å². The fourth-order valence-corrected chi connectivity index (χ4v) is 6.41. The summed E-state index contributed by atoms with van der Waals surface area (Å²) in [4.78, 5) is 25.0. The summed E-state index contributed by atoms with van der Waals surface area (Å²) >= 11 is 1.15. The summed E-state index contributed by atoms with van der Waals surface area (Å²) in [6, 6.07) is 16.6. The predicted molar refractivity (Wildman–Crippen MR) is 126 cm³/mol. The Labute approximate surface area is 196 Å². The van der Waals surface area contributed by atoms with Crippen molar-refractivity contribution in [3.63, 3.8) is 0 Å². The molecule has 1 saturated heterocycles. The van der Waals surface area contributed by atoms with Gasteiger partial charge in [-0.15, -0.1) is 11.3 Å². The van der Waals surface area contributed by atoms with Crippen LogP contribution in [0, 0.1) is 5.92 Å². The molecule has 0 radical (unpaired) electrons. The largest absolute Gasteiger partial charge is 0.481 e. The van der Waals surface area contributed by atoms with Gasteiger partial charge in [0.15, 0.2) is 6.10 Å². The van der Waals surface area contributed by atoms with E-state index in [1.165, 1.54) is 4.31 Å². The Hall–Kier alpha value is -2.95. The minimum Gasteiger partial charge on any atom is -0.481 e. The lowest BCUT2D eigenvalue weighted by molar-refractivity contribution is -0.134. The summed E-state index contributed by atoms with van der Waals surface area (Å²) in [6.45, 7) is 2.03. The van der Waals surface area contributed by atoms with Crippen LogP contribution in [0.1, 0.15) is 19.8 Å². The molecule has 2 aromatic carbocycles. The smallest absolute Gasteiger partial charge is 0.279 e. The number of fused-ring (bicyclic) bond motifs is 1. The van der Waals surface area contributed by atoms with E-state index in [-0.39, 0.29) is 10.8 Å². The number of piperidine rings is 1. The van der Waals surface area contributed by atoms with Crippen molar-refractivity contribution < 1.29 is 22.7 Å². The van der Waals surface area contributed by atoms with Crippen LogP contribution in [0.5, 0.6) is 5.75 Å². The molecule has 1 aliphatic rings. The van der Waals surface area contributed by atoms with Gasteiger partial charge < -0.3 is 4.74 Å². The fourth-order valence-electron chi connectivity index (χ4n) is 3.74. The second-order valence-electron chi connectivity index (χ2n) is 7.88. The topological polar surface area (TPSA) is 105 Å². The van der Waals surface area contributed by atoms with Crippen LogP contribution in [0.3, 0.4) is 0 Å². The Morgan fingerprint density at radius 2 is 1.88 bits per heavy atom. The van der Waals surface area contributed by atoms with E-state index in [1.807, 2.05) is 36.4 Å². The number of nitrogens with zero attached hydrogens (tertiary/aromatic N) is 1. The number of hydrogen-bond donors (Lipinski definition) is 2. The lowest BCUT2D eigenvalue weighted by Gasteiger charge is -2.30. The van der Waals surface area contributed by atoms with Gasteiger partial charge in [-0.3, -0.25) is 20.4 Å². The number of thiophene rings is 1. The van der Waals surface area contributed by atoms with Crippen molar-refractivity contribution >= 4 is 43.9 Å². The molecule has 33 heavy (non-hydrogen) atoms. The Morgan fingerprint density at radius 1 is 1.09 bits per heavy atom. The zero-order chi connectivity index (χ0) is 23.4. The monoisotopic (exact) mass is 487 g/mol. The maximum atomic E-state index is 12.7. The van der Waals surface area contributed by atoms with Gasteiger partial charge in [0.2, 0.25) is 5.91 Å². The highest BCUT2D eigenvalue weighted by molar-refractivity contribution is 7.91. The number of rotatable bonds is 6. The first-order valence-corrected chi connectivity index (χ1v) is 13.0. The minimum absolute atomic E-state index is 0.0745. The van der Waals surface area contributed by atoms with E-state index in [0.717, 1.165) is 22.1 Å². The molecule has 0 aliphatic carbocycles. The molecule has 2 atom stereocenters. The van der Waals surface area contributed by atoms with Crippen molar-refractivity contribution in [3.8, 4) is 5.75 Å². The van der Waals surface area contributed by atoms with Gasteiger partial charge in [0.25, 0.3) is 15.9 Å². The number of hydrazine groups is 1. The van der Waals surface area contributed by atoms with Crippen molar-refractivity contribution in [1.82, 2.24) is 15.2 Å². The minimum atomic E-state index is -3.62. The third-order valence-corrected chi connectivity index (χ3v) is 8.79. The van der Waals surface area contributed by atoms with Crippen LogP contribution in [0.2, 0.25) is 0 Å². The third kappa shape index (κ3) is 5.35. The molecule has 4 rings (SSSR count). The number of carbonyl (C=O) groups is 2. The molecule has 3 aromatic rings. The van der Waals surface area contributed by atoms with E-state index in [1.54, 1.807) is 30.5 Å². The highest BCUT2D eigenvalue weighted by Gasteiger charge is 2.34. The summed E-state index contributed by atoms with van der Waals surface area (Å²) in [5.74, 6) is -0.933. The molecule has 8 nitrogen and oxygen atoms in total. The highest BCUT2D eigenvalue weighted by atomic mass is 32.2. The van der Waals surface area contributed by atoms with Gasteiger partial charge in [0.1, 0.15) is 9.96 Å². The van der Waals surface area contributed by atoms with Crippen molar-refractivity contribution in [2.24, 2.45) is 5.92 Å². The molecule has 0 spiro atoms. The summed E-state index contributed by atoms with van der Waals surface area (Å²) in [7, 11) is -3.62. The predicted octanol–water partition coefficient (Wildman–Crippen LogP) is 2.92. The van der Waals surface area contributed by atoms with Crippen LogP contribution in [-0.4, -0.2) is 43.7 Å². The third-order valence-electron chi connectivity index (χ3n) is 5.56. The molecule has 1 aliphatic heterocycles. The fraction of sp³-hybridized carbons (Fsp3) is 0.304. The van der Waals surface area contributed by atoms with Crippen LogP contribution in [0.15, 0.2) is 64.2 Å². The van der Waals surface area contributed by atoms with E-state index in [9.17, 15) is 18.0 Å². The molecule has 0 bridgehead atoms. The van der Waals surface area contributed by atoms with Crippen LogP contribution >= 0.6 is 11.3 Å². The molecule has 1 fully saturated rings. The van der Waals surface area contributed by atoms with Crippen molar-refractivity contribution in [2.75, 3.05) is 13.1 Å². The zero-order valence-electron chi connectivity index (χ0n) is 18.1. The van der Waals surface area contributed by atoms with Gasteiger partial charge in [-0.1, -0.05) is 36.4 Å². The van der Waals surface area contributed by atoms with Gasteiger partial charge in [-0.2, -0.15) is 4.31 Å². The summed E-state index contributed by atoms with van der Waals surface area (Å²) in [6.07, 6.45) is 0.271. The van der Waals surface area contributed by atoms with Crippen LogP contribution < -0.4 is 15.6 Å². The quantitative estimate of drug-likeness (QED) is 0.520. The van der Waals surface area contributed by atoms with Gasteiger partial charge in [0.05, 0.1) is 5.92 Å². The molecular weight excluding hydrogens is 462 g/mol. The molecule has 2 amide bonds. The second-order valence-corrected chi connectivity index (χ2v) is 11.0. The van der Waals surface area contributed by atoms with Gasteiger partial charge in [0, 0.05) is 13.1 Å². The average Bonchev–Trinajstić information content (AvgIpc) is 3.38. The molecule has 10 heteroatoms. The van der Waals surface area contributed by atoms with E-state index < -0.39 is 33.9 Å². The molecule has 0 unspecified atom stereocenters. The zero-order valence-corrected chi connectivity index (χ0v) is 19.7. The highest BCUT2D eigenvalue weighted by Crippen LogP contribution is 2.26. The number of sulfonamides is 1. The Bertz CT molecular complexity index is 1240. The van der Waals surface area contributed by atoms with E-state index >= 15 is 0 Å². The Balaban J connectivity index is 1.30. The van der Waals surface area contributed by atoms with Crippen molar-refractivity contribution in [3.05, 3.63) is 60.0 Å². The van der Waals surface area contributed by atoms with E-state index in [4.69, 9.17) is 4.74 Å². The average molecular weight is 488 g/mol. The molecule has 2 heterocycles. The van der Waals surface area contributed by atoms with Crippen molar-refractivity contribution in [2.45, 2.75) is 30.1 Å². The van der Waals surface area contributed by atoms with Gasteiger partial charge in [-0.05, 0) is 54.1 Å². The maximum absolute atomic E-state index is 12.7. The van der Waals surface area contributed by atoms with Crippen molar-refractivity contribution in [1.29, 1.82) is 0 Å². The first-order valence-electron chi connectivity index (χ1n) is 10.6. The second kappa shape index (κ2) is 9.90. The summed E-state index contributed by atoms with van der Waals surface area (Å²) < 4.78 is 32.8. The number of amides is 2. The first-order chi connectivity index (χ1) is 15.8. The lowest BCUT2D eigenvalue weighted by Crippen LogP contribution is -2.52. The standard InChI is InChI=1S/C23H25N3O5S2/c1-16(31-20-11-10-17-6-2-3-7-18(17)14-20)22(27)24-25-23(28)19-8-4-12-26(15-19)33(29,30)21-9-5-13-32-21/h2-3,5-7,9-11,13-14,16,19H,4,8,12,15H2,1H3,(H,24,27)(H,25,28)/t16-,19+/m0/s1. The number of benzene rings is 2. The number of carbonyl (C=O) groups excluding carboxylic acids is 2. The lowest BCUT2D eigenvalue weighted by atomic mass is 9.99. The first kappa shape index (κ1) is 23.2. The Morgan fingerprint density at radius 3 is 2.64 bits per heavy atom. The molecule has 2 N–H and O–H groups in total. The van der Waals surface area contributed by atoms with Gasteiger partial charge >= 0.3 is 0 Å². The molecule has 0 saturated carbocycles. The number of ether oxygens (including phenoxy) is 1. The summed E-state index contributed by atoms with van der Waals surface area (Å²) in [5, 5.41) is 3.77. The summed E-state index contributed by atoms with van der Waals surface area (Å²) in [5.41, 5.74) is 4.81. The Kier molecular flexibility index (Phi) is 6.96. The van der Waals surface area contributed by atoms with E-state index in [2.05, 4.69) is 10.9 Å². The SMILES string of the molecule is C[C@H](Oc1ccc2ccccc2c1)C(=O)NNC(=O)[C@@H]1CCCN(S(=O)(=O)c2cccs2)C1. The number of nitrogens with one attached hydrogen (secondary N) is 2. The van der Waals surface area contributed by atoms with Crippen LogP contribution in [0.4, 0.5) is 0 Å². The molecule has 174 valence electrons. The number of hydrogen-bond acceptors (Lipinski definition) is 6. The van der Waals surface area contributed by atoms with Crippen LogP contribution in [0.25, 0.3) is 10.8 Å². The van der Waals surface area contributed by atoms with Gasteiger partial charge in [-0.25, -0.2) is 8.42 Å².